The van der Waals surface area contributed by atoms with Gasteiger partial charge in [0.05, 0.1) is 34.5 Å². The standard InChI is InChI=1S/C20H23NO6S/c1-4-25-16-11-10-14(12-17(16)26-5-2)21-19(22)13-27-20(23)15-8-6-7-9-18(15)28(3)24/h6-12H,4-5,13H2,1-3H3,(H,21,22)/t28-/m0/s1. The zero-order chi connectivity index (χ0) is 20.5. The molecule has 2 rings (SSSR count). The van der Waals surface area contributed by atoms with Crippen LogP contribution in [0.1, 0.15) is 24.2 Å². The van der Waals surface area contributed by atoms with E-state index in [-0.39, 0.29) is 5.56 Å². The van der Waals surface area contributed by atoms with Crippen molar-refractivity contribution < 1.29 is 28.0 Å². The van der Waals surface area contributed by atoms with Crippen LogP contribution in [0, 0.1) is 0 Å². The van der Waals surface area contributed by atoms with Crippen molar-refractivity contribution in [1.29, 1.82) is 0 Å². The van der Waals surface area contributed by atoms with Gasteiger partial charge in [0, 0.05) is 18.0 Å². The van der Waals surface area contributed by atoms with Crippen LogP contribution in [0.25, 0.3) is 0 Å². The van der Waals surface area contributed by atoms with Crippen LogP contribution >= 0.6 is 0 Å². The predicted octanol–water partition coefficient (Wildman–Crippen LogP) is 3.02. The molecule has 0 saturated heterocycles. The Bertz CT molecular complexity index is 868. The summed E-state index contributed by atoms with van der Waals surface area (Å²) in [5, 5.41) is 2.64. The number of rotatable bonds is 9. The maximum Gasteiger partial charge on any atom is 0.339 e. The highest BCUT2D eigenvalue weighted by atomic mass is 32.2. The molecule has 0 radical (unpaired) electrons. The maximum atomic E-state index is 12.2. The molecule has 0 saturated carbocycles. The van der Waals surface area contributed by atoms with Gasteiger partial charge >= 0.3 is 5.97 Å². The average Bonchev–Trinajstić information content (AvgIpc) is 2.68. The highest BCUT2D eigenvalue weighted by Crippen LogP contribution is 2.30. The van der Waals surface area contributed by atoms with Crippen LogP contribution in [0.5, 0.6) is 11.5 Å². The lowest BCUT2D eigenvalue weighted by Crippen LogP contribution is -2.21. The molecule has 0 aliphatic rings. The van der Waals surface area contributed by atoms with Crippen LogP contribution in [0.3, 0.4) is 0 Å². The van der Waals surface area contributed by atoms with Crippen LogP contribution in [-0.4, -0.2) is 42.2 Å². The molecule has 0 bridgehead atoms. The first-order valence-electron chi connectivity index (χ1n) is 8.75. The summed E-state index contributed by atoms with van der Waals surface area (Å²) in [4.78, 5) is 24.7. The molecule has 0 aliphatic heterocycles. The highest BCUT2D eigenvalue weighted by molar-refractivity contribution is 7.84. The number of anilines is 1. The van der Waals surface area contributed by atoms with E-state index in [0.717, 1.165) is 0 Å². The minimum Gasteiger partial charge on any atom is -0.490 e. The fraction of sp³-hybridized carbons (Fsp3) is 0.300. The second-order valence-corrected chi connectivity index (χ2v) is 6.95. The molecule has 2 aromatic carbocycles. The number of amides is 1. The monoisotopic (exact) mass is 405 g/mol. The molecule has 0 heterocycles. The Hall–Kier alpha value is -2.87. The van der Waals surface area contributed by atoms with Crippen LogP contribution in [-0.2, 0) is 20.3 Å². The van der Waals surface area contributed by atoms with Crippen molar-refractivity contribution in [3.63, 3.8) is 0 Å². The van der Waals surface area contributed by atoms with Crippen molar-refractivity contribution in [2.45, 2.75) is 18.7 Å². The van der Waals surface area contributed by atoms with Gasteiger partial charge in [-0.25, -0.2) is 4.79 Å². The fourth-order valence-corrected chi connectivity index (χ4v) is 3.15. The quantitative estimate of drug-likeness (QED) is 0.645. The zero-order valence-corrected chi connectivity index (χ0v) is 16.8. The third-order valence-corrected chi connectivity index (χ3v) is 4.55. The summed E-state index contributed by atoms with van der Waals surface area (Å²) in [7, 11) is -1.34. The van der Waals surface area contributed by atoms with Gasteiger partial charge in [0.25, 0.3) is 5.91 Å². The molecule has 0 unspecified atom stereocenters. The lowest BCUT2D eigenvalue weighted by Gasteiger charge is -2.13. The lowest BCUT2D eigenvalue weighted by atomic mass is 10.2. The van der Waals surface area contributed by atoms with Crippen molar-refractivity contribution in [2.75, 3.05) is 31.4 Å². The van der Waals surface area contributed by atoms with Gasteiger partial charge in [0.1, 0.15) is 0 Å². The highest BCUT2D eigenvalue weighted by Gasteiger charge is 2.16. The first kappa shape index (κ1) is 21.4. The molecule has 2 aromatic rings. The normalized spacial score (nSPS) is 11.4. The van der Waals surface area contributed by atoms with Crippen molar-refractivity contribution in [3.8, 4) is 11.5 Å². The molecule has 1 amide bonds. The van der Waals surface area contributed by atoms with E-state index in [4.69, 9.17) is 14.2 Å². The van der Waals surface area contributed by atoms with Gasteiger partial charge in [0.2, 0.25) is 0 Å². The Kier molecular flexibility index (Phi) is 8.01. The van der Waals surface area contributed by atoms with Crippen molar-refractivity contribution in [2.24, 2.45) is 0 Å². The van der Waals surface area contributed by atoms with E-state index < -0.39 is 29.3 Å². The molecular weight excluding hydrogens is 382 g/mol. The number of hydrogen-bond donors (Lipinski definition) is 1. The Morgan fingerprint density at radius 3 is 2.36 bits per heavy atom. The number of benzene rings is 2. The van der Waals surface area contributed by atoms with Gasteiger partial charge in [-0.15, -0.1) is 0 Å². The van der Waals surface area contributed by atoms with Crippen molar-refractivity contribution in [1.82, 2.24) is 0 Å². The van der Waals surface area contributed by atoms with Crippen LogP contribution in [0.15, 0.2) is 47.4 Å². The van der Waals surface area contributed by atoms with E-state index >= 15 is 0 Å². The first-order chi connectivity index (χ1) is 13.5. The van der Waals surface area contributed by atoms with Gasteiger partial charge in [-0.3, -0.25) is 9.00 Å². The van der Waals surface area contributed by atoms with Crippen molar-refractivity contribution in [3.05, 3.63) is 48.0 Å². The summed E-state index contributed by atoms with van der Waals surface area (Å²) in [5.74, 6) is -0.117. The molecule has 0 aliphatic carbocycles. The molecule has 1 atom stereocenters. The summed E-state index contributed by atoms with van der Waals surface area (Å²) in [6, 6.07) is 11.4. The van der Waals surface area contributed by atoms with Gasteiger partial charge in [-0.1, -0.05) is 12.1 Å². The molecule has 1 N–H and O–H groups in total. The van der Waals surface area contributed by atoms with E-state index in [1.165, 1.54) is 12.3 Å². The lowest BCUT2D eigenvalue weighted by molar-refractivity contribution is -0.119. The van der Waals surface area contributed by atoms with E-state index in [1.54, 1.807) is 36.4 Å². The van der Waals surface area contributed by atoms with Gasteiger partial charge in [-0.05, 0) is 38.1 Å². The molecule has 0 aromatic heterocycles. The van der Waals surface area contributed by atoms with E-state index in [2.05, 4.69) is 5.32 Å². The van der Waals surface area contributed by atoms with E-state index in [0.29, 0.717) is 35.3 Å². The first-order valence-corrected chi connectivity index (χ1v) is 10.3. The van der Waals surface area contributed by atoms with Gasteiger partial charge < -0.3 is 19.5 Å². The molecule has 0 spiro atoms. The second-order valence-electron chi connectivity index (χ2n) is 5.60. The minimum absolute atomic E-state index is 0.177. The minimum atomic E-state index is -1.34. The molecule has 8 heteroatoms. The van der Waals surface area contributed by atoms with Crippen LogP contribution in [0.2, 0.25) is 0 Å². The summed E-state index contributed by atoms with van der Waals surface area (Å²) in [6.45, 7) is 4.19. The van der Waals surface area contributed by atoms with E-state index in [9.17, 15) is 13.8 Å². The summed E-state index contributed by atoms with van der Waals surface area (Å²) in [6.07, 6.45) is 1.47. The molecular formula is C20H23NO6S. The largest absolute Gasteiger partial charge is 0.490 e. The van der Waals surface area contributed by atoms with Crippen molar-refractivity contribution >= 4 is 28.4 Å². The number of carbonyl (C=O) groups is 2. The topological polar surface area (TPSA) is 90.9 Å². The van der Waals surface area contributed by atoms with Crippen LogP contribution in [0.4, 0.5) is 5.69 Å². The molecule has 28 heavy (non-hydrogen) atoms. The Labute approximate surface area is 166 Å². The van der Waals surface area contributed by atoms with Gasteiger partial charge in [0.15, 0.2) is 18.1 Å². The maximum absolute atomic E-state index is 12.2. The SMILES string of the molecule is CCOc1ccc(NC(=O)COC(=O)c2ccccc2[S@](C)=O)cc1OCC. The zero-order valence-electron chi connectivity index (χ0n) is 16.0. The second kappa shape index (κ2) is 10.5. The third-order valence-electron chi connectivity index (χ3n) is 3.58. The summed E-state index contributed by atoms with van der Waals surface area (Å²) in [5.41, 5.74) is 0.666. The number of ether oxygens (including phenoxy) is 3. The number of hydrogen-bond acceptors (Lipinski definition) is 6. The molecule has 0 fully saturated rings. The number of esters is 1. The summed E-state index contributed by atoms with van der Waals surface area (Å²) < 4.78 is 27.8. The number of nitrogens with one attached hydrogen (secondary N) is 1. The Balaban J connectivity index is 2.00. The summed E-state index contributed by atoms with van der Waals surface area (Å²) >= 11 is 0. The third kappa shape index (κ3) is 5.82. The number of carbonyl (C=O) groups excluding carboxylic acids is 2. The molecule has 150 valence electrons. The Morgan fingerprint density at radius 1 is 1.00 bits per heavy atom. The van der Waals surface area contributed by atoms with Crippen LogP contribution < -0.4 is 14.8 Å². The Morgan fingerprint density at radius 2 is 1.68 bits per heavy atom. The van der Waals surface area contributed by atoms with E-state index in [1.807, 2.05) is 13.8 Å². The predicted molar refractivity (Wildman–Crippen MR) is 106 cm³/mol. The average molecular weight is 405 g/mol. The fourth-order valence-electron chi connectivity index (χ4n) is 2.42. The smallest absolute Gasteiger partial charge is 0.339 e. The molecule has 7 nitrogen and oxygen atoms in total. The van der Waals surface area contributed by atoms with Gasteiger partial charge in [-0.2, -0.15) is 0 Å².